The zero-order valence-corrected chi connectivity index (χ0v) is 12.3. The molecule has 0 amide bonds. The van der Waals surface area contributed by atoms with Crippen LogP contribution in [0.4, 0.5) is 4.79 Å². The number of allylic oxidation sites excluding steroid dienone is 1. The summed E-state index contributed by atoms with van der Waals surface area (Å²) in [4.78, 5) is 21.4. The Kier molecular flexibility index (Phi) is 5.52. The van der Waals surface area contributed by atoms with Crippen LogP contribution in [0.25, 0.3) is 17.2 Å². The lowest BCUT2D eigenvalue weighted by Crippen LogP contribution is -2.04. The van der Waals surface area contributed by atoms with E-state index in [2.05, 4.69) is 0 Å². The van der Waals surface area contributed by atoms with Crippen LogP contribution in [0.15, 0.2) is 54.6 Å². The Morgan fingerprint density at radius 3 is 2.39 bits per heavy atom. The Hall–Kier alpha value is -3.08. The highest BCUT2D eigenvalue weighted by molar-refractivity contribution is 5.82. The minimum absolute atomic E-state index is 0.0441. The fourth-order valence-electron chi connectivity index (χ4n) is 2.20. The number of benzene rings is 2. The molecular weight excluding hydrogens is 296 g/mol. The van der Waals surface area contributed by atoms with Crippen molar-refractivity contribution in [3.63, 3.8) is 0 Å². The third kappa shape index (κ3) is 4.71. The van der Waals surface area contributed by atoms with Crippen molar-refractivity contribution in [1.29, 1.82) is 0 Å². The lowest BCUT2D eigenvalue weighted by atomic mass is 9.98. The Morgan fingerprint density at radius 2 is 1.74 bits per heavy atom. The van der Waals surface area contributed by atoms with Crippen molar-refractivity contribution >= 4 is 18.2 Å². The van der Waals surface area contributed by atoms with Gasteiger partial charge in [-0.2, -0.15) is 0 Å². The lowest BCUT2D eigenvalue weighted by Gasteiger charge is -2.11. The van der Waals surface area contributed by atoms with Gasteiger partial charge in [-0.3, -0.25) is 4.79 Å². The molecule has 0 spiro atoms. The third-order valence-corrected chi connectivity index (χ3v) is 3.14. The summed E-state index contributed by atoms with van der Waals surface area (Å²) in [6, 6.07) is 14.4. The van der Waals surface area contributed by atoms with E-state index >= 15 is 0 Å². The van der Waals surface area contributed by atoms with E-state index in [9.17, 15) is 9.59 Å². The molecule has 2 aromatic carbocycles. The average molecular weight is 312 g/mol. The number of carbonyl (C=O) groups is 2. The van der Waals surface area contributed by atoms with Gasteiger partial charge in [0.2, 0.25) is 0 Å². The van der Waals surface area contributed by atoms with Crippen LogP contribution in [-0.2, 0) is 4.79 Å². The molecule has 2 N–H and O–H groups in total. The van der Waals surface area contributed by atoms with Crippen LogP contribution in [0.2, 0.25) is 0 Å². The molecule has 0 radical (unpaired) electrons. The van der Waals surface area contributed by atoms with Crippen molar-refractivity contribution in [3.8, 4) is 16.9 Å². The van der Waals surface area contributed by atoms with Crippen LogP contribution >= 0.6 is 0 Å². The van der Waals surface area contributed by atoms with Crippen LogP contribution in [0.3, 0.4) is 0 Å². The molecule has 118 valence electrons. The molecule has 0 heterocycles. The molecule has 5 heteroatoms. The topological polar surface area (TPSA) is 83.8 Å². The van der Waals surface area contributed by atoms with Gasteiger partial charge in [0, 0.05) is 12.0 Å². The number of hydrogen-bond acceptors (Lipinski definition) is 3. The summed E-state index contributed by atoms with van der Waals surface area (Å²) < 4.78 is 4.87. The van der Waals surface area contributed by atoms with E-state index in [1.807, 2.05) is 36.4 Å². The van der Waals surface area contributed by atoms with E-state index in [1.54, 1.807) is 24.3 Å². The Labute approximate surface area is 133 Å². The van der Waals surface area contributed by atoms with Gasteiger partial charge in [0.1, 0.15) is 5.75 Å². The maximum atomic E-state index is 10.9. The number of carboxylic acids is 1. The lowest BCUT2D eigenvalue weighted by molar-refractivity contribution is -0.136. The normalized spacial score (nSPS) is 10.6. The smallest absolute Gasteiger partial charge is 0.481 e. The molecular formula is C18H16O5. The number of aliphatic carboxylic acids is 1. The molecule has 0 fully saturated rings. The van der Waals surface area contributed by atoms with E-state index in [1.165, 1.54) is 0 Å². The van der Waals surface area contributed by atoms with Gasteiger partial charge in [0.25, 0.3) is 0 Å². The summed E-state index contributed by atoms with van der Waals surface area (Å²) in [5.41, 5.74) is 2.24. The summed E-state index contributed by atoms with van der Waals surface area (Å²) in [7, 11) is 0. The maximum absolute atomic E-state index is 10.9. The maximum Gasteiger partial charge on any atom is 0.511 e. The first-order valence-corrected chi connectivity index (χ1v) is 7.05. The van der Waals surface area contributed by atoms with E-state index in [0.29, 0.717) is 12.0 Å². The van der Waals surface area contributed by atoms with E-state index in [-0.39, 0.29) is 12.2 Å². The standard InChI is InChI=1S/C18H16O5/c19-16(20)12-5-4-9-14-10-6-11-15(23-18(21)22)17(14)13-7-2-1-3-8-13/h1-4,6-11H,5,12H2,(H,19,20)(H,21,22). The zero-order valence-electron chi connectivity index (χ0n) is 12.3. The second-order valence-corrected chi connectivity index (χ2v) is 4.79. The van der Waals surface area contributed by atoms with Gasteiger partial charge in [0.05, 0.1) is 0 Å². The van der Waals surface area contributed by atoms with Crippen molar-refractivity contribution in [1.82, 2.24) is 0 Å². The quantitative estimate of drug-likeness (QED) is 0.614. The van der Waals surface area contributed by atoms with Crippen LogP contribution in [0.1, 0.15) is 18.4 Å². The SMILES string of the molecule is O=C(O)CCC=Cc1cccc(OC(=O)O)c1-c1ccccc1. The van der Waals surface area contributed by atoms with Gasteiger partial charge in [-0.15, -0.1) is 0 Å². The molecule has 0 unspecified atom stereocenters. The van der Waals surface area contributed by atoms with Crippen LogP contribution < -0.4 is 4.74 Å². The Bertz CT molecular complexity index is 719. The first kappa shape index (κ1) is 16.3. The molecule has 23 heavy (non-hydrogen) atoms. The minimum atomic E-state index is -1.38. The summed E-state index contributed by atoms with van der Waals surface area (Å²) in [5, 5.41) is 17.6. The predicted molar refractivity (Wildman–Crippen MR) is 86.4 cm³/mol. The van der Waals surface area contributed by atoms with Crippen molar-refractivity contribution in [2.45, 2.75) is 12.8 Å². The average Bonchev–Trinajstić information content (AvgIpc) is 2.52. The molecule has 0 aliphatic heterocycles. The fraction of sp³-hybridized carbons (Fsp3) is 0.111. The Balaban J connectivity index is 2.41. The monoisotopic (exact) mass is 312 g/mol. The Morgan fingerprint density at radius 1 is 1.00 bits per heavy atom. The van der Waals surface area contributed by atoms with Crippen molar-refractivity contribution < 1.29 is 24.5 Å². The highest BCUT2D eigenvalue weighted by Gasteiger charge is 2.12. The molecule has 2 rings (SSSR count). The van der Waals surface area contributed by atoms with Crippen molar-refractivity contribution in [2.24, 2.45) is 0 Å². The van der Waals surface area contributed by atoms with Gasteiger partial charge in [0.15, 0.2) is 0 Å². The van der Waals surface area contributed by atoms with E-state index < -0.39 is 12.1 Å². The summed E-state index contributed by atoms with van der Waals surface area (Å²) in [6.07, 6.45) is 2.59. The molecule has 0 bridgehead atoms. The van der Waals surface area contributed by atoms with Crippen LogP contribution in [-0.4, -0.2) is 22.3 Å². The zero-order chi connectivity index (χ0) is 16.7. The van der Waals surface area contributed by atoms with E-state index in [0.717, 1.165) is 11.1 Å². The van der Waals surface area contributed by atoms with Gasteiger partial charge in [-0.05, 0) is 23.6 Å². The number of ether oxygens (including phenoxy) is 1. The molecule has 2 aromatic rings. The summed E-state index contributed by atoms with van der Waals surface area (Å²) >= 11 is 0. The molecule has 0 atom stereocenters. The molecule has 0 saturated carbocycles. The molecule has 0 aromatic heterocycles. The van der Waals surface area contributed by atoms with E-state index in [4.69, 9.17) is 14.9 Å². The highest BCUT2D eigenvalue weighted by atomic mass is 16.7. The number of rotatable bonds is 6. The fourth-order valence-corrected chi connectivity index (χ4v) is 2.20. The molecule has 5 nitrogen and oxygen atoms in total. The van der Waals surface area contributed by atoms with Crippen LogP contribution in [0.5, 0.6) is 5.75 Å². The van der Waals surface area contributed by atoms with Gasteiger partial charge >= 0.3 is 12.1 Å². The number of carboxylic acid groups (broad SMARTS) is 2. The van der Waals surface area contributed by atoms with Gasteiger partial charge in [-0.25, -0.2) is 4.79 Å². The second-order valence-electron chi connectivity index (χ2n) is 4.79. The largest absolute Gasteiger partial charge is 0.511 e. The molecule has 0 aliphatic rings. The summed E-state index contributed by atoms with van der Waals surface area (Å²) in [6.45, 7) is 0. The summed E-state index contributed by atoms with van der Waals surface area (Å²) in [5.74, 6) is -0.620. The highest BCUT2D eigenvalue weighted by Crippen LogP contribution is 2.34. The molecule has 0 saturated heterocycles. The second kappa shape index (κ2) is 7.79. The predicted octanol–water partition coefficient (Wildman–Crippen LogP) is 4.29. The first-order valence-electron chi connectivity index (χ1n) is 7.05. The molecule has 0 aliphatic carbocycles. The van der Waals surface area contributed by atoms with Gasteiger partial charge in [-0.1, -0.05) is 54.6 Å². The van der Waals surface area contributed by atoms with Gasteiger partial charge < -0.3 is 14.9 Å². The minimum Gasteiger partial charge on any atom is -0.481 e. The van der Waals surface area contributed by atoms with Crippen molar-refractivity contribution in [3.05, 3.63) is 60.2 Å². The third-order valence-electron chi connectivity index (χ3n) is 3.14. The van der Waals surface area contributed by atoms with Crippen molar-refractivity contribution in [2.75, 3.05) is 0 Å². The number of hydrogen-bond donors (Lipinski definition) is 2. The first-order chi connectivity index (χ1) is 11.1. The van der Waals surface area contributed by atoms with Crippen LogP contribution in [0, 0.1) is 0 Å².